The van der Waals surface area contributed by atoms with E-state index in [0.29, 0.717) is 13.2 Å². The number of hydrogen-bond acceptors (Lipinski definition) is 4. The molecule has 0 spiro atoms. The van der Waals surface area contributed by atoms with Gasteiger partial charge in [0.2, 0.25) is 0 Å². The number of aryl methyl sites for hydroxylation is 2. The van der Waals surface area contributed by atoms with E-state index >= 15 is 0 Å². The molecule has 0 aliphatic carbocycles. The van der Waals surface area contributed by atoms with Crippen molar-refractivity contribution in [2.24, 2.45) is 0 Å². The van der Waals surface area contributed by atoms with Crippen molar-refractivity contribution < 1.29 is 9.47 Å². The lowest BCUT2D eigenvalue weighted by molar-refractivity contribution is 0.327. The Hall–Kier alpha value is -2.04. The quantitative estimate of drug-likeness (QED) is 0.831. The van der Waals surface area contributed by atoms with Crippen LogP contribution in [0.5, 0.6) is 11.5 Å². The van der Waals surface area contributed by atoms with Gasteiger partial charge in [-0.25, -0.2) is 0 Å². The van der Waals surface area contributed by atoms with Gasteiger partial charge < -0.3 is 9.47 Å². The summed E-state index contributed by atoms with van der Waals surface area (Å²) in [6.45, 7) is 5.28. The Morgan fingerprint density at radius 1 is 1.11 bits per heavy atom. The molecule has 0 atom stereocenters. The molecule has 5 heteroatoms. The van der Waals surface area contributed by atoms with E-state index in [9.17, 15) is 0 Å². The summed E-state index contributed by atoms with van der Waals surface area (Å²) in [4.78, 5) is 0. The lowest BCUT2D eigenvalue weighted by atomic mass is 10.1. The highest BCUT2D eigenvalue weighted by Gasteiger charge is 2.07. The van der Waals surface area contributed by atoms with Gasteiger partial charge in [0.05, 0.1) is 25.1 Å². The Kier molecular flexibility index (Phi) is 4.78. The third kappa shape index (κ3) is 3.71. The Bertz CT molecular complexity index is 497. The Balaban J connectivity index is 2.11. The summed E-state index contributed by atoms with van der Waals surface area (Å²) in [5.74, 6) is 1.79. The number of nitrogens with one attached hydrogen (secondary N) is 1. The van der Waals surface area contributed by atoms with Crippen LogP contribution in [0.15, 0.2) is 24.4 Å². The first-order chi connectivity index (χ1) is 9.33. The number of rotatable bonds is 7. The van der Waals surface area contributed by atoms with Gasteiger partial charge in [-0.1, -0.05) is 0 Å². The highest BCUT2D eigenvalue weighted by Crippen LogP contribution is 2.25. The molecule has 19 heavy (non-hydrogen) atoms. The van der Waals surface area contributed by atoms with Crippen LogP contribution in [0.2, 0.25) is 0 Å². The average Bonchev–Trinajstić information content (AvgIpc) is 2.92. The van der Waals surface area contributed by atoms with Crippen molar-refractivity contribution in [1.82, 2.24) is 15.4 Å². The third-order valence-corrected chi connectivity index (χ3v) is 2.76. The smallest absolute Gasteiger partial charge is 0.122 e. The molecule has 0 radical (unpaired) electrons. The first-order valence-corrected chi connectivity index (χ1v) is 6.56. The predicted octanol–water partition coefficient (Wildman–Crippen LogP) is 2.39. The van der Waals surface area contributed by atoms with Gasteiger partial charge in [-0.2, -0.15) is 15.4 Å². The monoisotopic (exact) mass is 261 g/mol. The Labute approximate surface area is 112 Å². The number of hydrogen-bond donors (Lipinski definition) is 1. The van der Waals surface area contributed by atoms with Crippen LogP contribution in [0.4, 0.5) is 0 Å². The molecule has 0 fully saturated rings. The largest absolute Gasteiger partial charge is 0.494 e. The second-order valence-corrected chi connectivity index (χ2v) is 4.10. The topological polar surface area (TPSA) is 60.0 Å². The fourth-order valence-corrected chi connectivity index (χ4v) is 1.91. The lowest BCUT2D eigenvalue weighted by Gasteiger charge is -2.12. The fourth-order valence-electron chi connectivity index (χ4n) is 1.91. The Morgan fingerprint density at radius 2 is 1.95 bits per heavy atom. The van der Waals surface area contributed by atoms with Crippen molar-refractivity contribution in [3.05, 3.63) is 35.7 Å². The molecule has 0 bridgehead atoms. The summed E-state index contributed by atoms with van der Waals surface area (Å²) >= 11 is 0. The molecule has 1 heterocycles. The maximum Gasteiger partial charge on any atom is 0.122 e. The first-order valence-electron chi connectivity index (χ1n) is 6.56. The zero-order valence-corrected chi connectivity index (χ0v) is 11.3. The molecule has 2 aromatic rings. The van der Waals surface area contributed by atoms with Crippen LogP contribution < -0.4 is 9.47 Å². The Morgan fingerprint density at radius 3 is 2.63 bits per heavy atom. The van der Waals surface area contributed by atoms with E-state index in [-0.39, 0.29) is 0 Å². The van der Waals surface area contributed by atoms with Crippen molar-refractivity contribution >= 4 is 0 Å². The van der Waals surface area contributed by atoms with E-state index in [1.54, 1.807) is 6.20 Å². The summed E-state index contributed by atoms with van der Waals surface area (Å²) < 4.78 is 11.2. The molecule has 1 aromatic heterocycles. The fraction of sp³-hybridized carbons (Fsp3) is 0.429. The van der Waals surface area contributed by atoms with E-state index in [4.69, 9.17) is 9.47 Å². The minimum atomic E-state index is 0.658. The molecule has 0 unspecified atom stereocenters. The summed E-state index contributed by atoms with van der Waals surface area (Å²) in [6.07, 6.45) is 3.42. The second kappa shape index (κ2) is 6.78. The molecule has 1 aromatic carbocycles. The molecule has 0 aliphatic heterocycles. The molecule has 102 valence electrons. The molecule has 0 saturated heterocycles. The molecule has 0 amide bonds. The van der Waals surface area contributed by atoms with Crippen molar-refractivity contribution in [2.45, 2.75) is 26.7 Å². The minimum Gasteiger partial charge on any atom is -0.494 e. The normalized spacial score (nSPS) is 10.4. The van der Waals surface area contributed by atoms with Crippen LogP contribution in [0.1, 0.15) is 25.1 Å². The minimum absolute atomic E-state index is 0.658. The molecular weight excluding hydrogens is 242 g/mol. The standard InChI is InChI=1S/C14H19N3O2/c1-3-18-13-7-8-14(19-4-2)11(9-13)5-6-12-10-15-17-16-12/h7-10H,3-6H2,1-2H3,(H,15,16,17). The summed E-state index contributed by atoms with van der Waals surface area (Å²) in [6, 6.07) is 5.94. The van der Waals surface area contributed by atoms with Gasteiger partial charge in [-0.05, 0) is 50.5 Å². The van der Waals surface area contributed by atoms with Crippen molar-refractivity contribution in [3.63, 3.8) is 0 Å². The van der Waals surface area contributed by atoms with Gasteiger partial charge in [-0.3, -0.25) is 0 Å². The number of benzene rings is 1. The molecular formula is C14H19N3O2. The molecule has 1 N–H and O–H groups in total. The number of ether oxygens (including phenoxy) is 2. The molecule has 0 saturated carbocycles. The SMILES string of the molecule is CCOc1ccc(OCC)c(CCc2cn[nH]n2)c1. The summed E-state index contributed by atoms with van der Waals surface area (Å²) in [5, 5.41) is 10.5. The van der Waals surface area contributed by atoms with Gasteiger partial charge in [0.1, 0.15) is 11.5 Å². The van der Waals surface area contributed by atoms with Gasteiger partial charge in [-0.15, -0.1) is 0 Å². The van der Waals surface area contributed by atoms with Crippen LogP contribution in [-0.4, -0.2) is 28.6 Å². The van der Waals surface area contributed by atoms with Crippen LogP contribution in [-0.2, 0) is 12.8 Å². The first kappa shape index (κ1) is 13.4. The lowest BCUT2D eigenvalue weighted by Crippen LogP contribution is -2.00. The van der Waals surface area contributed by atoms with Crippen LogP contribution in [0.3, 0.4) is 0 Å². The molecule has 2 rings (SSSR count). The van der Waals surface area contributed by atoms with Crippen molar-refractivity contribution in [1.29, 1.82) is 0 Å². The van der Waals surface area contributed by atoms with Crippen LogP contribution >= 0.6 is 0 Å². The molecule has 0 aliphatic rings. The number of aromatic nitrogens is 3. The maximum absolute atomic E-state index is 5.64. The molecule has 5 nitrogen and oxygen atoms in total. The van der Waals surface area contributed by atoms with Gasteiger partial charge >= 0.3 is 0 Å². The van der Waals surface area contributed by atoms with Gasteiger partial charge in [0.25, 0.3) is 0 Å². The van der Waals surface area contributed by atoms with Crippen LogP contribution in [0.25, 0.3) is 0 Å². The number of nitrogens with zero attached hydrogens (tertiary/aromatic N) is 2. The second-order valence-electron chi connectivity index (χ2n) is 4.10. The average molecular weight is 261 g/mol. The van der Waals surface area contributed by atoms with Gasteiger partial charge in [0.15, 0.2) is 0 Å². The maximum atomic E-state index is 5.64. The van der Waals surface area contributed by atoms with E-state index in [1.807, 2.05) is 32.0 Å². The predicted molar refractivity (Wildman–Crippen MR) is 72.6 cm³/mol. The number of H-pyrrole nitrogens is 1. The van der Waals surface area contributed by atoms with E-state index in [1.165, 1.54) is 0 Å². The van der Waals surface area contributed by atoms with Crippen molar-refractivity contribution in [3.8, 4) is 11.5 Å². The summed E-state index contributed by atoms with van der Waals surface area (Å²) in [7, 11) is 0. The van der Waals surface area contributed by atoms with Gasteiger partial charge in [0, 0.05) is 0 Å². The van der Waals surface area contributed by atoms with E-state index in [2.05, 4.69) is 15.4 Å². The highest BCUT2D eigenvalue weighted by atomic mass is 16.5. The third-order valence-electron chi connectivity index (χ3n) is 2.76. The van der Waals surface area contributed by atoms with Crippen molar-refractivity contribution in [2.75, 3.05) is 13.2 Å². The van der Waals surface area contributed by atoms with Crippen LogP contribution in [0, 0.1) is 0 Å². The van der Waals surface area contributed by atoms with E-state index in [0.717, 1.165) is 35.6 Å². The highest BCUT2D eigenvalue weighted by molar-refractivity contribution is 5.40. The van der Waals surface area contributed by atoms with E-state index < -0.39 is 0 Å². The zero-order valence-electron chi connectivity index (χ0n) is 11.3. The number of aromatic amines is 1. The summed E-state index contributed by atoms with van der Waals surface area (Å²) in [5.41, 5.74) is 2.08. The zero-order chi connectivity index (χ0) is 13.5.